The van der Waals surface area contributed by atoms with Crippen LogP contribution in [0.15, 0.2) is 57.1 Å². The van der Waals surface area contributed by atoms with Gasteiger partial charge in [-0.25, -0.2) is 19.4 Å². The van der Waals surface area contributed by atoms with Gasteiger partial charge in [0.2, 0.25) is 16.9 Å². The van der Waals surface area contributed by atoms with Gasteiger partial charge in [0.1, 0.15) is 46.5 Å². The van der Waals surface area contributed by atoms with Gasteiger partial charge in [0.05, 0.1) is 61.6 Å². The number of nitrogens with zero attached hydrogens (tertiary/aromatic N) is 5. The molecule has 4 saturated heterocycles. The van der Waals surface area contributed by atoms with E-state index >= 15 is 0 Å². The largest absolute Gasteiger partial charge is 0.614 e. The average Bonchev–Trinajstić information content (AvgIpc) is 3.83. The molecular formula is C45H58B2N8O15PS2+. The van der Waals surface area contributed by atoms with Crippen molar-refractivity contribution in [2.75, 3.05) is 58.0 Å². The number of fused-ring (bicyclic) bond motifs is 4. The van der Waals surface area contributed by atoms with Crippen LogP contribution in [0.5, 0.6) is 17.2 Å². The number of ether oxygens (including phenoxy) is 3. The average molecular weight is 1070 g/mol. The van der Waals surface area contributed by atoms with Crippen LogP contribution in [0.1, 0.15) is 75.1 Å². The Bertz CT molecular complexity index is 2760. The number of hydrogen-bond acceptors (Lipinski definition) is 18. The van der Waals surface area contributed by atoms with Crippen LogP contribution in [-0.4, -0.2) is 157 Å². The van der Waals surface area contributed by atoms with Crippen LogP contribution < -0.4 is 35.4 Å². The Hall–Kier alpha value is -6.14. The number of β-lactam (4-membered cyclic amide) rings is 1. The van der Waals surface area contributed by atoms with E-state index in [0.717, 1.165) is 49.1 Å². The minimum absolute atomic E-state index is 0.0281. The summed E-state index contributed by atoms with van der Waals surface area (Å²) in [5.41, 5.74) is -0.750. The van der Waals surface area contributed by atoms with Gasteiger partial charge in [0, 0.05) is 54.3 Å². The third-order valence-corrected chi connectivity index (χ3v) is 16.0. The number of pyridine rings is 1. The second-order valence-corrected chi connectivity index (χ2v) is 21.7. The van der Waals surface area contributed by atoms with Crippen LogP contribution in [0.25, 0.3) is 0 Å². The van der Waals surface area contributed by atoms with Crippen molar-refractivity contribution in [1.29, 1.82) is 0 Å². The first-order valence-electron chi connectivity index (χ1n) is 23.3. The molecule has 3 N–H and O–H groups in total. The maximum Gasteiger partial charge on any atom is 0.413 e. The van der Waals surface area contributed by atoms with Crippen LogP contribution in [0, 0.1) is 5.41 Å². The minimum atomic E-state index is -1.81. The van der Waals surface area contributed by atoms with Crippen molar-refractivity contribution in [1.82, 2.24) is 25.1 Å². The molecule has 0 saturated carbocycles. The molecule has 28 heteroatoms. The first-order valence-corrected chi connectivity index (χ1v) is 26.0. The van der Waals surface area contributed by atoms with Crippen LogP contribution in [0.4, 0.5) is 9.93 Å². The van der Waals surface area contributed by atoms with Gasteiger partial charge in [-0.05, 0) is 50.5 Å². The third-order valence-electron chi connectivity index (χ3n) is 13.3. The number of oxime groups is 1. The zero-order valence-corrected chi connectivity index (χ0v) is 44.5. The lowest BCUT2D eigenvalue weighted by Crippen LogP contribution is -2.75. The molecule has 3 aromatic rings. The zero-order valence-electron chi connectivity index (χ0n) is 41.7. The summed E-state index contributed by atoms with van der Waals surface area (Å²) in [6.07, 6.45) is 1.75. The van der Waals surface area contributed by atoms with Gasteiger partial charge >= 0.3 is 34.1 Å². The number of rotatable bonds is 19. The highest BCUT2D eigenvalue weighted by molar-refractivity contribution is 7.92. The van der Waals surface area contributed by atoms with E-state index in [1.807, 2.05) is 6.07 Å². The van der Waals surface area contributed by atoms with E-state index < -0.39 is 81.2 Å². The smallest absolute Gasteiger partial charge is 0.413 e. The molecule has 7 heterocycles. The highest BCUT2D eigenvalue weighted by Crippen LogP contribution is 2.46. The van der Waals surface area contributed by atoms with E-state index in [9.17, 15) is 38.1 Å². The summed E-state index contributed by atoms with van der Waals surface area (Å²) < 4.78 is 47.8. The van der Waals surface area contributed by atoms with Crippen molar-refractivity contribution in [3.63, 3.8) is 0 Å². The molecule has 5 aliphatic heterocycles. The first kappa shape index (κ1) is 54.6. The van der Waals surface area contributed by atoms with Crippen molar-refractivity contribution in [3.8, 4) is 17.2 Å². The highest BCUT2D eigenvalue weighted by atomic mass is 32.2. The molecule has 2 aromatic heterocycles. The number of quaternary nitrogens is 1. The molecule has 0 radical (unpaired) electrons. The fourth-order valence-corrected chi connectivity index (χ4v) is 11.9. The van der Waals surface area contributed by atoms with Gasteiger partial charge in [0.25, 0.3) is 17.7 Å². The molecule has 2 unspecified atom stereocenters. The van der Waals surface area contributed by atoms with E-state index in [4.69, 9.17) is 32.9 Å². The van der Waals surface area contributed by atoms with Crippen LogP contribution in [-0.2, 0) is 55.8 Å². The van der Waals surface area contributed by atoms with E-state index in [1.54, 1.807) is 51.5 Å². The Balaban J connectivity index is 1.04. The van der Waals surface area contributed by atoms with Crippen LogP contribution in [0.3, 0.4) is 0 Å². The Morgan fingerprint density at radius 2 is 1.77 bits per heavy atom. The molecule has 0 aliphatic carbocycles. The highest BCUT2D eigenvalue weighted by Gasteiger charge is 2.62. The topological polar surface area (TPSA) is 277 Å². The summed E-state index contributed by atoms with van der Waals surface area (Å²) in [6.45, 7) is 9.54. The zero-order chi connectivity index (χ0) is 53.0. The maximum absolute atomic E-state index is 14.2. The summed E-state index contributed by atoms with van der Waals surface area (Å²) in [4.78, 5) is 104. The van der Waals surface area contributed by atoms with Gasteiger partial charge in [-0.1, -0.05) is 12.1 Å². The van der Waals surface area contributed by atoms with E-state index in [0.29, 0.717) is 54.3 Å². The molecule has 8 rings (SSSR count). The molecule has 1 aromatic carbocycles. The Morgan fingerprint density at radius 1 is 1.05 bits per heavy atom. The van der Waals surface area contributed by atoms with Gasteiger partial charge in [0.15, 0.2) is 22.6 Å². The summed E-state index contributed by atoms with van der Waals surface area (Å²) in [6, 6.07) is 5.20. The number of aromatic nitrogens is 2. The van der Waals surface area contributed by atoms with Gasteiger partial charge in [-0.2, -0.15) is 0 Å². The molecule has 390 valence electrons. The molecule has 5 atom stereocenters. The summed E-state index contributed by atoms with van der Waals surface area (Å²) >= 11 is -0.871. The van der Waals surface area contributed by atoms with Gasteiger partial charge < -0.3 is 57.1 Å². The quantitative estimate of drug-likeness (QED) is 0.0283. The second-order valence-electron chi connectivity index (χ2n) is 19.1. The lowest BCUT2D eigenvalue weighted by atomic mass is 9.70. The molecular weight excluding hydrogens is 1010 g/mol. The molecule has 4 amide bonds. The number of benzene rings is 1. The van der Waals surface area contributed by atoms with Crippen molar-refractivity contribution in [3.05, 3.63) is 74.3 Å². The Labute approximate surface area is 431 Å². The number of nitrogens with one attached hydrogen (secondary N) is 3. The van der Waals surface area contributed by atoms with Crippen molar-refractivity contribution >= 4 is 94.7 Å². The predicted octanol–water partition coefficient (Wildman–Crippen LogP) is 0.668. The number of anilines is 1. The number of methoxy groups -OCH3 is 2. The molecule has 2 bridgehead atoms. The molecule has 0 spiro atoms. The lowest BCUT2D eigenvalue weighted by molar-refractivity contribution is -0.941. The number of carbonyl (C=O) groups is 6. The van der Waals surface area contributed by atoms with Crippen LogP contribution >= 0.6 is 20.8 Å². The first-order chi connectivity index (χ1) is 34.7. The second kappa shape index (κ2) is 22.5. The molecule has 4 fully saturated rings. The summed E-state index contributed by atoms with van der Waals surface area (Å²) in [7, 11) is 7.49. The minimum Gasteiger partial charge on any atom is -0.614 e. The summed E-state index contributed by atoms with van der Waals surface area (Å²) in [5, 5.41) is 12.4. The van der Waals surface area contributed by atoms with E-state index in [2.05, 4.69) is 35.6 Å². The molecule has 73 heavy (non-hydrogen) atoms. The fourth-order valence-electron chi connectivity index (χ4n) is 9.37. The Kier molecular flexibility index (Phi) is 16.9. The standard InChI is InChI=1S/C45H57B2N8O15PS2/c1-7-30(40(60)67-46)69-52-33(27-21-72-42(49-27)51-43(62)66-44(2,3)4)37(58)50-34-38(59)54-35(41(61)68-47)25(22-73(63)39(34)54)20-55-13-10-45(11-14-55,12-15-55)23-48-36(57)28-17-29(56)32(70-71)19-53(28)18-24-8-9-26(64-5)16-31(24)65-6/h8-9,16-17,19,21,30,34,39H,7,10-15,18,20,22-23,46-47,71H2,1-6H3,(H2-,48,49,50,51,57,58,62)/p+1/b52-33-/t30-,34+,39+,45?,55?,73?/m0/s1. The summed E-state index contributed by atoms with van der Waals surface area (Å²) in [5.74, 6) is -2.60. The number of carbonyl (C=O) groups excluding carboxylic acids is 6. The van der Waals surface area contributed by atoms with E-state index in [1.165, 1.54) is 32.8 Å². The molecule has 5 aliphatic rings. The number of hydrogen-bond donors (Lipinski definition) is 3. The molecule has 23 nitrogen and oxygen atoms in total. The SMILES string of the molecule is BOC(=O)C1=C(C[N+]23CCC(CNC(=O)c4cc(=O)c(OP)cn4Cc4ccc(OC)cc4OC)(CC2)CC3)C[S+]([O-])[C@@H]2[C@H](NC(=O)/C(=N\O[C@@H](CC)C(=O)OB)c3csc(NC(=O)OC(C)(C)C)n3)C(=O)N12. The normalized spacial score (nSPS) is 22.7. The monoisotopic (exact) mass is 1070 g/mol. The van der Waals surface area contributed by atoms with Crippen molar-refractivity contribution in [2.45, 2.75) is 83.0 Å². The van der Waals surface area contributed by atoms with Gasteiger partial charge in [-0.15, -0.1) is 11.3 Å². The number of thiazole rings is 1. The van der Waals surface area contributed by atoms with Crippen LogP contribution in [0.2, 0.25) is 0 Å². The third kappa shape index (κ3) is 12.0. The lowest BCUT2D eigenvalue weighted by Gasteiger charge is -2.56. The van der Waals surface area contributed by atoms with Crippen molar-refractivity contribution in [2.24, 2.45) is 10.6 Å². The maximum atomic E-state index is 14.2. The Morgan fingerprint density at radius 3 is 2.38 bits per heavy atom. The van der Waals surface area contributed by atoms with Crippen molar-refractivity contribution < 1.29 is 70.7 Å². The van der Waals surface area contributed by atoms with Gasteiger partial charge in [-0.3, -0.25) is 29.4 Å². The predicted molar refractivity (Wildman–Crippen MR) is 274 cm³/mol. The fraction of sp³-hybridized carbons (Fsp3) is 0.489. The number of piperidine rings is 3. The number of amides is 4. The van der Waals surface area contributed by atoms with E-state index in [-0.39, 0.29) is 52.1 Å².